The van der Waals surface area contributed by atoms with E-state index >= 15 is 0 Å². The molecule has 1 aromatic heterocycles. The first kappa shape index (κ1) is 14.6. The molecule has 0 bridgehead atoms. The number of nitrogens with zero attached hydrogens (tertiary/aromatic N) is 4. The second-order valence-electron chi connectivity index (χ2n) is 5.36. The number of carbonyl (C=O) groups excluding carboxylic acids is 2. The van der Waals surface area contributed by atoms with Crippen LogP contribution in [0.15, 0.2) is 4.34 Å². The molecule has 21 heavy (non-hydrogen) atoms. The van der Waals surface area contributed by atoms with Gasteiger partial charge in [0.25, 0.3) is 0 Å². The predicted octanol–water partition coefficient (Wildman–Crippen LogP) is 0.292. The van der Waals surface area contributed by atoms with Gasteiger partial charge >= 0.3 is 0 Å². The standard InChI is InChI=1S/C12H17N5O2S2/c1-16-8-2-3-17(5-7(8)4-9(16)18)10(19)6-20-12-15-14-11(13)21-12/h7-8H,2-6H2,1H3,(H2,13,14)/t7-,8+/m1/s1. The zero-order valence-electron chi connectivity index (χ0n) is 11.7. The highest BCUT2D eigenvalue weighted by molar-refractivity contribution is 8.01. The minimum atomic E-state index is 0.0919. The molecule has 2 N–H and O–H groups in total. The SMILES string of the molecule is CN1C(=O)C[C@@H]2CN(C(=O)CSc3nnc(N)s3)CC[C@@H]21. The summed E-state index contributed by atoms with van der Waals surface area (Å²) in [7, 11) is 1.86. The number of piperidine rings is 1. The van der Waals surface area contributed by atoms with Crippen molar-refractivity contribution < 1.29 is 9.59 Å². The Morgan fingerprint density at radius 1 is 1.52 bits per heavy atom. The number of amides is 2. The van der Waals surface area contributed by atoms with Crippen molar-refractivity contribution in [2.45, 2.75) is 23.2 Å². The van der Waals surface area contributed by atoms with Crippen LogP contribution in [0.2, 0.25) is 0 Å². The van der Waals surface area contributed by atoms with Crippen LogP contribution in [-0.2, 0) is 9.59 Å². The van der Waals surface area contributed by atoms with Crippen LogP contribution in [0.25, 0.3) is 0 Å². The van der Waals surface area contributed by atoms with Crippen molar-refractivity contribution in [2.24, 2.45) is 5.92 Å². The average molecular weight is 327 g/mol. The van der Waals surface area contributed by atoms with Crippen LogP contribution in [-0.4, -0.2) is 63.7 Å². The number of likely N-dealkylation sites (tertiary alicyclic amines) is 2. The first-order valence-electron chi connectivity index (χ1n) is 6.80. The van der Waals surface area contributed by atoms with E-state index in [0.29, 0.717) is 34.2 Å². The van der Waals surface area contributed by atoms with E-state index in [0.717, 1.165) is 13.0 Å². The third kappa shape index (κ3) is 2.98. The molecule has 2 saturated heterocycles. The zero-order valence-corrected chi connectivity index (χ0v) is 13.3. The van der Waals surface area contributed by atoms with Gasteiger partial charge in [-0.05, 0) is 6.42 Å². The summed E-state index contributed by atoms with van der Waals surface area (Å²) < 4.78 is 0.714. The summed E-state index contributed by atoms with van der Waals surface area (Å²) in [5, 5.41) is 8.03. The summed E-state index contributed by atoms with van der Waals surface area (Å²) in [6.07, 6.45) is 1.43. The Morgan fingerprint density at radius 2 is 2.33 bits per heavy atom. The maximum Gasteiger partial charge on any atom is 0.233 e. The minimum Gasteiger partial charge on any atom is -0.374 e. The van der Waals surface area contributed by atoms with Gasteiger partial charge in [0, 0.05) is 38.5 Å². The van der Waals surface area contributed by atoms with Gasteiger partial charge in [-0.3, -0.25) is 9.59 Å². The van der Waals surface area contributed by atoms with Gasteiger partial charge in [-0.15, -0.1) is 10.2 Å². The fraction of sp³-hybridized carbons (Fsp3) is 0.667. The van der Waals surface area contributed by atoms with Crippen molar-refractivity contribution in [3.05, 3.63) is 0 Å². The molecule has 2 amide bonds. The number of thioether (sulfide) groups is 1. The molecule has 0 aromatic carbocycles. The lowest BCUT2D eigenvalue weighted by Crippen LogP contribution is -2.48. The molecular formula is C12H17N5O2S2. The second-order valence-corrected chi connectivity index (χ2v) is 7.59. The number of hydrogen-bond donors (Lipinski definition) is 1. The molecule has 0 saturated carbocycles. The first-order valence-corrected chi connectivity index (χ1v) is 8.60. The normalized spacial score (nSPS) is 25.3. The van der Waals surface area contributed by atoms with Crippen molar-refractivity contribution >= 4 is 40.0 Å². The number of nitrogen functional groups attached to an aromatic ring is 1. The van der Waals surface area contributed by atoms with Gasteiger partial charge < -0.3 is 15.5 Å². The molecule has 0 aliphatic carbocycles. The third-order valence-corrected chi connectivity index (χ3v) is 5.99. The lowest BCUT2D eigenvalue weighted by Gasteiger charge is -2.36. The molecule has 114 valence electrons. The molecule has 2 atom stereocenters. The molecule has 0 radical (unpaired) electrons. The summed E-state index contributed by atoms with van der Waals surface area (Å²) in [4.78, 5) is 27.7. The maximum atomic E-state index is 12.3. The van der Waals surface area contributed by atoms with E-state index in [1.54, 1.807) is 0 Å². The third-order valence-electron chi connectivity index (χ3n) is 4.12. The van der Waals surface area contributed by atoms with Gasteiger partial charge in [0.05, 0.1) is 5.75 Å². The molecular weight excluding hydrogens is 310 g/mol. The van der Waals surface area contributed by atoms with E-state index < -0.39 is 0 Å². The van der Waals surface area contributed by atoms with Crippen LogP contribution in [0.3, 0.4) is 0 Å². The van der Waals surface area contributed by atoms with Gasteiger partial charge in [-0.25, -0.2) is 0 Å². The number of fused-ring (bicyclic) bond motifs is 1. The van der Waals surface area contributed by atoms with E-state index in [-0.39, 0.29) is 17.7 Å². The molecule has 2 fully saturated rings. The number of nitrogens with two attached hydrogens (primary N) is 1. The van der Waals surface area contributed by atoms with Crippen LogP contribution in [0.5, 0.6) is 0 Å². The number of hydrogen-bond acceptors (Lipinski definition) is 7. The highest BCUT2D eigenvalue weighted by Crippen LogP contribution is 2.31. The largest absolute Gasteiger partial charge is 0.374 e. The topological polar surface area (TPSA) is 92.4 Å². The molecule has 7 nitrogen and oxygen atoms in total. The Balaban J connectivity index is 1.53. The highest BCUT2D eigenvalue weighted by Gasteiger charge is 2.41. The summed E-state index contributed by atoms with van der Waals surface area (Å²) in [5.41, 5.74) is 5.51. The highest BCUT2D eigenvalue weighted by atomic mass is 32.2. The monoisotopic (exact) mass is 327 g/mol. The Hall–Kier alpha value is -1.35. The zero-order chi connectivity index (χ0) is 15.0. The van der Waals surface area contributed by atoms with Crippen LogP contribution >= 0.6 is 23.1 Å². The maximum absolute atomic E-state index is 12.3. The lowest BCUT2D eigenvalue weighted by atomic mass is 9.93. The molecule has 0 spiro atoms. The number of rotatable bonds is 3. The van der Waals surface area contributed by atoms with E-state index in [4.69, 9.17) is 5.73 Å². The fourth-order valence-electron chi connectivity index (χ4n) is 3.00. The van der Waals surface area contributed by atoms with Crippen molar-refractivity contribution in [3.63, 3.8) is 0 Å². The quantitative estimate of drug-likeness (QED) is 0.802. The predicted molar refractivity (Wildman–Crippen MR) is 80.9 cm³/mol. The van der Waals surface area contributed by atoms with Crippen LogP contribution in [0, 0.1) is 5.92 Å². The minimum absolute atomic E-state index is 0.0919. The number of carbonyl (C=O) groups is 2. The van der Waals surface area contributed by atoms with Crippen molar-refractivity contribution in [3.8, 4) is 0 Å². The van der Waals surface area contributed by atoms with Gasteiger partial charge in [0.1, 0.15) is 0 Å². The van der Waals surface area contributed by atoms with Crippen LogP contribution in [0.1, 0.15) is 12.8 Å². The van der Waals surface area contributed by atoms with Gasteiger partial charge in [-0.1, -0.05) is 23.1 Å². The molecule has 3 rings (SSSR count). The Kier molecular flexibility index (Phi) is 4.03. The lowest BCUT2D eigenvalue weighted by molar-refractivity contribution is -0.130. The van der Waals surface area contributed by atoms with Crippen molar-refractivity contribution in [1.82, 2.24) is 20.0 Å². The smallest absolute Gasteiger partial charge is 0.233 e. The summed E-state index contributed by atoms with van der Waals surface area (Å²) in [6.45, 7) is 1.40. The molecule has 2 aliphatic rings. The van der Waals surface area contributed by atoms with E-state index in [9.17, 15) is 9.59 Å². The second kappa shape index (κ2) is 5.80. The molecule has 1 aromatic rings. The Labute approximate surface area is 130 Å². The summed E-state index contributed by atoms with van der Waals surface area (Å²) in [6, 6.07) is 0.303. The van der Waals surface area contributed by atoms with Gasteiger partial charge in [-0.2, -0.15) is 0 Å². The number of anilines is 1. The van der Waals surface area contributed by atoms with Gasteiger partial charge in [0.15, 0.2) is 4.34 Å². The molecule has 0 unspecified atom stereocenters. The van der Waals surface area contributed by atoms with E-state index in [1.165, 1.54) is 23.1 Å². The van der Waals surface area contributed by atoms with Gasteiger partial charge in [0.2, 0.25) is 16.9 Å². The van der Waals surface area contributed by atoms with Crippen LogP contribution in [0.4, 0.5) is 5.13 Å². The van der Waals surface area contributed by atoms with Crippen molar-refractivity contribution in [2.75, 3.05) is 31.6 Å². The molecule has 9 heteroatoms. The van der Waals surface area contributed by atoms with E-state index in [1.807, 2.05) is 16.8 Å². The number of aromatic nitrogens is 2. The summed E-state index contributed by atoms with van der Waals surface area (Å²) >= 11 is 2.65. The Morgan fingerprint density at radius 3 is 3.05 bits per heavy atom. The van der Waals surface area contributed by atoms with Crippen LogP contribution < -0.4 is 5.73 Å². The molecule has 3 heterocycles. The average Bonchev–Trinajstić information content (AvgIpc) is 3.00. The fourth-order valence-corrected chi connectivity index (χ4v) is 4.54. The van der Waals surface area contributed by atoms with Crippen molar-refractivity contribution in [1.29, 1.82) is 0 Å². The summed E-state index contributed by atoms with van der Waals surface area (Å²) in [5.74, 6) is 0.908. The van der Waals surface area contributed by atoms with E-state index in [2.05, 4.69) is 10.2 Å². The first-order chi connectivity index (χ1) is 10.0. The molecule has 2 aliphatic heterocycles. The Bertz CT molecular complexity index is 564.